The molecule has 2 atom stereocenters. The first-order valence-corrected chi connectivity index (χ1v) is 7.38. The van der Waals surface area contributed by atoms with Crippen LogP contribution in [0.4, 0.5) is 5.95 Å². The molecule has 0 amide bonds. The second-order valence-corrected chi connectivity index (χ2v) is 5.42. The van der Waals surface area contributed by atoms with Crippen molar-refractivity contribution in [3.05, 3.63) is 11.4 Å². The summed E-state index contributed by atoms with van der Waals surface area (Å²) in [7, 11) is 0. The molecule has 0 spiro atoms. The van der Waals surface area contributed by atoms with Gasteiger partial charge in [-0.25, -0.2) is 4.98 Å². The highest BCUT2D eigenvalue weighted by Gasteiger charge is 2.27. The van der Waals surface area contributed by atoms with Crippen LogP contribution in [-0.4, -0.2) is 34.3 Å². The van der Waals surface area contributed by atoms with E-state index < -0.39 is 0 Å². The molecule has 1 aliphatic heterocycles. The van der Waals surface area contributed by atoms with Gasteiger partial charge < -0.3 is 10.6 Å². The third kappa shape index (κ3) is 3.03. The first-order valence-electron chi connectivity index (χ1n) is 7.38. The molecule has 5 heteroatoms. The Morgan fingerprint density at radius 2 is 1.95 bits per heavy atom. The Morgan fingerprint density at radius 3 is 2.58 bits per heavy atom. The van der Waals surface area contributed by atoms with Gasteiger partial charge in [-0.1, -0.05) is 20.8 Å². The number of aromatic nitrogens is 3. The Labute approximate surface area is 115 Å². The molecule has 2 heterocycles. The van der Waals surface area contributed by atoms with Crippen LogP contribution < -0.4 is 10.6 Å². The van der Waals surface area contributed by atoms with Crippen LogP contribution in [0.2, 0.25) is 0 Å². The zero-order chi connectivity index (χ0) is 13.8. The van der Waals surface area contributed by atoms with Gasteiger partial charge in [0.1, 0.15) is 0 Å². The molecule has 1 aromatic heterocycles. The lowest BCUT2D eigenvalue weighted by molar-refractivity contribution is 0.361. The number of aryl methyl sites for hydroxylation is 2. The molecule has 0 bridgehead atoms. The summed E-state index contributed by atoms with van der Waals surface area (Å²) >= 11 is 0. The number of hydrogen-bond donors (Lipinski definition) is 1. The van der Waals surface area contributed by atoms with Crippen molar-refractivity contribution in [2.24, 2.45) is 11.7 Å². The van der Waals surface area contributed by atoms with E-state index in [9.17, 15) is 0 Å². The monoisotopic (exact) mass is 263 g/mol. The summed E-state index contributed by atoms with van der Waals surface area (Å²) in [5, 5.41) is 8.65. The quantitative estimate of drug-likeness (QED) is 0.893. The molecular weight excluding hydrogens is 238 g/mol. The maximum atomic E-state index is 5.90. The van der Waals surface area contributed by atoms with Crippen molar-refractivity contribution in [3.8, 4) is 0 Å². The minimum absolute atomic E-state index is 0.350. The van der Waals surface area contributed by atoms with E-state index >= 15 is 0 Å². The highest BCUT2D eigenvalue weighted by atomic mass is 15.3. The fraction of sp³-hybridized carbons (Fsp3) is 0.786. The Bertz CT molecular complexity index is 420. The molecule has 5 nitrogen and oxygen atoms in total. The molecule has 19 heavy (non-hydrogen) atoms. The molecular formula is C14H25N5. The Kier molecular flexibility index (Phi) is 4.69. The molecule has 2 N–H and O–H groups in total. The number of nitrogens with zero attached hydrogens (tertiary/aromatic N) is 4. The van der Waals surface area contributed by atoms with Gasteiger partial charge in [0.05, 0.1) is 11.4 Å². The lowest BCUT2D eigenvalue weighted by Gasteiger charge is -2.37. The predicted molar refractivity (Wildman–Crippen MR) is 77.2 cm³/mol. The van der Waals surface area contributed by atoms with Crippen molar-refractivity contribution in [1.29, 1.82) is 0 Å². The van der Waals surface area contributed by atoms with Gasteiger partial charge in [-0.2, -0.15) is 5.10 Å². The van der Waals surface area contributed by atoms with Gasteiger partial charge in [-0.3, -0.25) is 0 Å². The molecule has 0 radical (unpaired) electrons. The van der Waals surface area contributed by atoms with E-state index in [1.54, 1.807) is 0 Å². The largest absolute Gasteiger partial charge is 0.335 e. The minimum Gasteiger partial charge on any atom is -0.335 e. The summed E-state index contributed by atoms with van der Waals surface area (Å²) in [5.74, 6) is 1.50. The fourth-order valence-corrected chi connectivity index (χ4v) is 2.79. The van der Waals surface area contributed by atoms with Gasteiger partial charge in [-0.15, -0.1) is 5.10 Å². The number of rotatable bonds is 4. The molecule has 1 aromatic rings. The Hall–Kier alpha value is -1.23. The molecule has 1 saturated heterocycles. The molecule has 0 saturated carbocycles. The van der Waals surface area contributed by atoms with Gasteiger partial charge in [0.25, 0.3) is 0 Å². The Morgan fingerprint density at radius 1 is 1.21 bits per heavy atom. The van der Waals surface area contributed by atoms with Crippen molar-refractivity contribution >= 4 is 5.95 Å². The van der Waals surface area contributed by atoms with Crippen molar-refractivity contribution in [2.45, 2.75) is 52.5 Å². The lowest BCUT2D eigenvalue weighted by atomic mass is 9.93. The molecule has 2 unspecified atom stereocenters. The first kappa shape index (κ1) is 14.2. The van der Waals surface area contributed by atoms with Gasteiger partial charge in [0, 0.05) is 19.1 Å². The van der Waals surface area contributed by atoms with Crippen LogP contribution >= 0.6 is 0 Å². The number of piperidine rings is 1. The first-order chi connectivity index (χ1) is 9.19. The topological polar surface area (TPSA) is 67.9 Å². The highest BCUT2D eigenvalue weighted by Crippen LogP contribution is 2.25. The average Bonchev–Trinajstić information content (AvgIpc) is 2.46. The molecule has 1 fully saturated rings. The summed E-state index contributed by atoms with van der Waals surface area (Å²) in [4.78, 5) is 6.95. The second-order valence-electron chi connectivity index (χ2n) is 5.42. The smallest absolute Gasteiger partial charge is 0.245 e. The summed E-state index contributed by atoms with van der Waals surface area (Å²) in [6, 6.07) is 0.350. The lowest BCUT2D eigenvalue weighted by Crippen LogP contribution is -2.47. The van der Waals surface area contributed by atoms with E-state index in [2.05, 4.69) is 35.9 Å². The molecule has 2 rings (SSSR count). The van der Waals surface area contributed by atoms with Gasteiger partial charge in [0.15, 0.2) is 0 Å². The number of nitrogens with two attached hydrogens (primary N) is 1. The van der Waals surface area contributed by atoms with Crippen LogP contribution in [0, 0.1) is 5.92 Å². The summed E-state index contributed by atoms with van der Waals surface area (Å²) < 4.78 is 0. The normalized spacial score (nSPS) is 23.7. The van der Waals surface area contributed by atoms with Crippen molar-refractivity contribution in [1.82, 2.24) is 15.2 Å². The van der Waals surface area contributed by atoms with Crippen LogP contribution in [0.15, 0.2) is 0 Å². The highest BCUT2D eigenvalue weighted by molar-refractivity contribution is 5.33. The van der Waals surface area contributed by atoms with Crippen LogP contribution in [-0.2, 0) is 12.8 Å². The van der Waals surface area contributed by atoms with Crippen LogP contribution in [0.1, 0.15) is 45.0 Å². The number of hydrogen-bond acceptors (Lipinski definition) is 5. The van der Waals surface area contributed by atoms with E-state index in [0.29, 0.717) is 12.6 Å². The minimum atomic E-state index is 0.350. The maximum absolute atomic E-state index is 5.90. The zero-order valence-corrected chi connectivity index (χ0v) is 12.3. The van der Waals surface area contributed by atoms with E-state index in [4.69, 9.17) is 10.7 Å². The standard InChI is InChI=1S/C14H25N5/c1-4-12-13(5-2)17-18-14(16-12)19-7-6-10(3)8-11(19)9-15/h10-11H,4-9,15H2,1-3H3. The summed E-state index contributed by atoms with van der Waals surface area (Å²) in [6.45, 7) is 8.14. The molecule has 1 aliphatic rings. The summed E-state index contributed by atoms with van der Waals surface area (Å²) in [6.07, 6.45) is 4.09. The average molecular weight is 263 g/mol. The van der Waals surface area contributed by atoms with Crippen LogP contribution in [0.3, 0.4) is 0 Å². The van der Waals surface area contributed by atoms with Crippen molar-refractivity contribution in [3.63, 3.8) is 0 Å². The van der Waals surface area contributed by atoms with Gasteiger partial charge in [-0.05, 0) is 31.6 Å². The van der Waals surface area contributed by atoms with Gasteiger partial charge >= 0.3 is 0 Å². The summed E-state index contributed by atoms with van der Waals surface area (Å²) in [5.41, 5.74) is 7.99. The third-order valence-electron chi connectivity index (χ3n) is 4.00. The predicted octanol–water partition coefficient (Wildman–Crippen LogP) is 1.56. The van der Waals surface area contributed by atoms with E-state index in [1.165, 1.54) is 6.42 Å². The SMILES string of the molecule is CCc1nnc(N2CCC(C)CC2CN)nc1CC. The maximum Gasteiger partial charge on any atom is 0.245 e. The van der Waals surface area contributed by atoms with Crippen molar-refractivity contribution < 1.29 is 0 Å². The molecule has 0 aliphatic carbocycles. The Balaban J connectivity index is 2.25. The zero-order valence-electron chi connectivity index (χ0n) is 12.3. The van der Waals surface area contributed by atoms with E-state index in [0.717, 1.165) is 49.1 Å². The second kappa shape index (κ2) is 6.28. The van der Waals surface area contributed by atoms with Crippen LogP contribution in [0.25, 0.3) is 0 Å². The van der Waals surface area contributed by atoms with Gasteiger partial charge in [0.2, 0.25) is 5.95 Å². The molecule has 0 aromatic carbocycles. The van der Waals surface area contributed by atoms with E-state index in [-0.39, 0.29) is 0 Å². The fourth-order valence-electron chi connectivity index (χ4n) is 2.79. The molecule has 106 valence electrons. The number of anilines is 1. The van der Waals surface area contributed by atoms with E-state index in [1.807, 2.05) is 0 Å². The van der Waals surface area contributed by atoms with Crippen LogP contribution in [0.5, 0.6) is 0 Å². The third-order valence-corrected chi connectivity index (χ3v) is 4.00. The van der Waals surface area contributed by atoms with Crippen molar-refractivity contribution in [2.75, 3.05) is 18.0 Å².